The van der Waals surface area contributed by atoms with Gasteiger partial charge in [0.1, 0.15) is 6.54 Å². The number of amidine groups is 1. The van der Waals surface area contributed by atoms with Crippen LogP contribution in [-0.2, 0) is 4.74 Å². The standard InChI is InChI=1S/C6H10N2O/c1-8-5-3-4-7-6(8)9-2/h3-4H,5H2,1-2H3/p+1. The molecule has 3 nitrogen and oxygen atoms in total. The molecule has 1 rings (SSSR count). The van der Waals surface area contributed by atoms with Crippen LogP contribution in [0.2, 0.25) is 0 Å². The Morgan fingerprint density at radius 1 is 1.78 bits per heavy atom. The van der Waals surface area contributed by atoms with Gasteiger partial charge in [-0.2, -0.15) is 0 Å². The fourth-order valence-electron chi connectivity index (χ4n) is 0.749. The van der Waals surface area contributed by atoms with Gasteiger partial charge in [0.15, 0.2) is 0 Å². The Morgan fingerprint density at radius 3 is 3.00 bits per heavy atom. The van der Waals surface area contributed by atoms with Gasteiger partial charge in [-0.3, -0.25) is 0 Å². The Kier molecular flexibility index (Phi) is 1.72. The van der Waals surface area contributed by atoms with Gasteiger partial charge >= 0.3 is 6.02 Å². The van der Waals surface area contributed by atoms with Crippen LogP contribution in [0.15, 0.2) is 12.3 Å². The molecule has 0 spiro atoms. The largest absolute Gasteiger partial charge is 0.448 e. The molecule has 0 aliphatic carbocycles. The van der Waals surface area contributed by atoms with E-state index < -0.39 is 0 Å². The minimum atomic E-state index is 0.803. The zero-order chi connectivity index (χ0) is 6.69. The average Bonchev–Trinajstić information content (AvgIpc) is 1.89. The van der Waals surface area contributed by atoms with Crippen molar-refractivity contribution >= 4 is 6.02 Å². The molecule has 1 aliphatic rings. The van der Waals surface area contributed by atoms with Gasteiger partial charge < -0.3 is 4.74 Å². The van der Waals surface area contributed by atoms with Crippen LogP contribution >= 0.6 is 0 Å². The molecule has 0 bridgehead atoms. The summed E-state index contributed by atoms with van der Waals surface area (Å²) in [4.78, 5) is 0. The molecule has 1 aliphatic heterocycles. The van der Waals surface area contributed by atoms with Crippen LogP contribution in [0.4, 0.5) is 0 Å². The van der Waals surface area contributed by atoms with E-state index in [9.17, 15) is 0 Å². The molecule has 0 atom stereocenters. The lowest BCUT2D eigenvalue weighted by atomic mass is 10.5. The van der Waals surface area contributed by atoms with Gasteiger partial charge in [0.05, 0.1) is 20.4 Å². The number of methoxy groups -OCH3 is 1. The molecule has 1 heterocycles. The zero-order valence-corrected chi connectivity index (χ0v) is 5.72. The Hall–Kier alpha value is -0.990. The normalized spacial score (nSPS) is 17.6. The SMILES string of the molecule is COC1=[N+](C)CC=CN1. The van der Waals surface area contributed by atoms with Crippen molar-refractivity contribution < 1.29 is 9.31 Å². The third-order valence-corrected chi connectivity index (χ3v) is 1.24. The summed E-state index contributed by atoms with van der Waals surface area (Å²) in [5, 5.41) is 2.96. The highest BCUT2D eigenvalue weighted by Gasteiger charge is 2.09. The fourth-order valence-corrected chi connectivity index (χ4v) is 0.749. The van der Waals surface area contributed by atoms with E-state index in [-0.39, 0.29) is 0 Å². The van der Waals surface area contributed by atoms with E-state index in [1.54, 1.807) is 7.11 Å². The van der Waals surface area contributed by atoms with E-state index in [1.165, 1.54) is 0 Å². The quantitative estimate of drug-likeness (QED) is 0.454. The molecule has 0 aromatic heterocycles. The summed E-state index contributed by atoms with van der Waals surface area (Å²) >= 11 is 0. The summed E-state index contributed by atoms with van der Waals surface area (Å²) < 4.78 is 6.97. The first-order valence-electron chi connectivity index (χ1n) is 2.88. The lowest BCUT2D eigenvalue weighted by molar-refractivity contribution is -0.499. The molecule has 0 unspecified atom stereocenters. The summed E-state index contributed by atoms with van der Waals surface area (Å²) in [5.74, 6) is 0. The van der Waals surface area contributed by atoms with Crippen molar-refractivity contribution in [3.8, 4) is 0 Å². The van der Waals surface area contributed by atoms with E-state index in [1.807, 2.05) is 23.9 Å². The molecular formula is C6H11N2O+. The molecule has 1 N–H and O–H groups in total. The van der Waals surface area contributed by atoms with Crippen LogP contribution in [0.1, 0.15) is 0 Å². The highest BCUT2D eigenvalue weighted by molar-refractivity contribution is 5.69. The maximum Gasteiger partial charge on any atom is 0.448 e. The maximum atomic E-state index is 4.98. The minimum Gasteiger partial charge on any atom is -0.435 e. The van der Waals surface area contributed by atoms with E-state index in [4.69, 9.17) is 4.74 Å². The van der Waals surface area contributed by atoms with Crippen molar-refractivity contribution in [1.82, 2.24) is 5.32 Å². The van der Waals surface area contributed by atoms with Crippen molar-refractivity contribution in [2.24, 2.45) is 0 Å². The number of nitrogens with zero attached hydrogens (tertiary/aromatic N) is 1. The summed E-state index contributed by atoms with van der Waals surface area (Å²) in [5.41, 5.74) is 0. The predicted molar refractivity (Wildman–Crippen MR) is 35.3 cm³/mol. The van der Waals surface area contributed by atoms with Gasteiger partial charge in [0.25, 0.3) is 0 Å². The molecule has 0 saturated carbocycles. The molecule has 0 amide bonds. The number of rotatable bonds is 0. The molecule has 0 aromatic carbocycles. The summed E-state index contributed by atoms with van der Waals surface area (Å²) in [6.45, 7) is 0.913. The summed E-state index contributed by atoms with van der Waals surface area (Å²) in [7, 11) is 3.62. The van der Waals surface area contributed by atoms with Crippen LogP contribution in [0.3, 0.4) is 0 Å². The first-order valence-corrected chi connectivity index (χ1v) is 2.88. The third kappa shape index (κ3) is 1.22. The van der Waals surface area contributed by atoms with Crippen LogP contribution in [0.5, 0.6) is 0 Å². The van der Waals surface area contributed by atoms with Crippen LogP contribution in [0.25, 0.3) is 0 Å². The molecule has 0 saturated heterocycles. The van der Waals surface area contributed by atoms with Gasteiger partial charge in [0.2, 0.25) is 0 Å². The molecule has 50 valence electrons. The summed E-state index contributed by atoms with van der Waals surface area (Å²) in [6.07, 6.45) is 3.90. The van der Waals surface area contributed by atoms with Crippen molar-refractivity contribution in [3.63, 3.8) is 0 Å². The van der Waals surface area contributed by atoms with Gasteiger partial charge in [-0.15, -0.1) is 0 Å². The van der Waals surface area contributed by atoms with Crippen molar-refractivity contribution in [3.05, 3.63) is 12.3 Å². The van der Waals surface area contributed by atoms with Gasteiger partial charge in [0, 0.05) is 0 Å². The van der Waals surface area contributed by atoms with Gasteiger partial charge in [-0.1, -0.05) is 0 Å². The zero-order valence-electron chi connectivity index (χ0n) is 5.72. The van der Waals surface area contributed by atoms with Crippen molar-refractivity contribution in [2.45, 2.75) is 0 Å². The molecular weight excluding hydrogens is 116 g/mol. The monoisotopic (exact) mass is 127 g/mol. The smallest absolute Gasteiger partial charge is 0.435 e. The topological polar surface area (TPSA) is 24.3 Å². The Labute approximate surface area is 54.6 Å². The Morgan fingerprint density at radius 2 is 2.56 bits per heavy atom. The number of hydrogen-bond acceptors (Lipinski definition) is 2. The molecule has 3 heteroatoms. The second-order valence-corrected chi connectivity index (χ2v) is 1.94. The second-order valence-electron chi connectivity index (χ2n) is 1.94. The average molecular weight is 127 g/mol. The minimum absolute atomic E-state index is 0.803. The number of ether oxygens (including phenoxy) is 1. The molecule has 0 fully saturated rings. The number of hydrogen-bond donors (Lipinski definition) is 1. The number of nitrogens with one attached hydrogen (secondary N) is 1. The first kappa shape index (κ1) is 6.13. The van der Waals surface area contributed by atoms with Crippen LogP contribution < -0.4 is 5.32 Å². The fraction of sp³-hybridized carbons (Fsp3) is 0.500. The van der Waals surface area contributed by atoms with Crippen LogP contribution in [0, 0.1) is 0 Å². The second kappa shape index (κ2) is 2.53. The lowest BCUT2D eigenvalue weighted by Gasteiger charge is -2.05. The predicted octanol–water partition coefficient (Wildman–Crippen LogP) is -0.252. The molecule has 9 heavy (non-hydrogen) atoms. The number of likely N-dealkylation sites (N-methyl/N-ethyl adjacent to an activating group) is 1. The maximum absolute atomic E-state index is 4.98. The first-order chi connectivity index (χ1) is 4.34. The third-order valence-electron chi connectivity index (χ3n) is 1.24. The van der Waals surface area contributed by atoms with Gasteiger partial charge in [-0.25, -0.2) is 9.89 Å². The van der Waals surface area contributed by atoms with E-state index in [0.29, 0.717) is 0 Å². The van der Waals surface area contributed by atoms with Crippen LogP contribution in [-0.4, -0.2) is 31.3 Å². The van der Waals surface area contributed by atoms with E-state index in [2.05, 4.69) is 5.32 Å². The van der Waals surface area contributed by atoms with Gasteiger partial charge in [-0.05, 0) is 6.08 Å². The lowest BCUT2D eigenvalue weighted by Crippen LogP contribution is -2.33. The molecule has 0 aromatic rings. The highest BCUT2D eigenvalue weighted by atomic mass is 16.5. The highest BCUT2D eigenvalue weighted by Crippen LogP contribution is 1.83. The Bertz CT molecular complexity index is 160. The Balaban J connectivity index is 2.64. The van der Waals surface area contributed by atoms with E-state index in [0.717, 1.165) is 12.6 Å². The van der Waals surface area contributed by atoms with Crippen molar-refractivity contribution in [1.29, 1.82) is 0 Å². The summed E-state index contributed by atoms with van der Waals surface area (Å²) in [6, 6.07) is 0.803. The van der Waals surface area contributed by atoms with E-state index >= 15 is 0 Å². The van der Waals surface area contributed by atoms with Crippen molar-refractivity contribution in [2.75, 3.05) is 20.7 Å². The molecule has 0 radical (unpaired) electrons.